The highest BCUT2D eigenvalue weighted by Crippen LogP contribution is 2.32. The third-order valence-corrected chi connectivity index (χ3v) is 4.18. The van der Waals surface area contributed by atoms with E-state index in [2.05, 4.69) is 10.3 Å². The van der Waals surface area contributed by atoms with Crippen LogP contribution in [0.3, 0.4) is 0 Å². The minimum Gasteiger partial charge on any atom is -0.378 e. The highest BCUT2D eigenvalue weighted by Gasteiger charge is 2.19. The van der Waals surface area contributed by atoms with Gasteiger partial charge in [-0.15, -0.1) is 12.4 Å². The van der Waals surface area contributed by atoms with Crippen molar-refractivity contribution in [2.75, 3.05) is 26.3 Å². The first-order valence-electron chi connectivity index (χ1n) is 8.78. The van der Waals surface area contributed by atoms with Gasteiger partial charge in [-0.2, -0.15) is 0 Å². The number of halogens is 2. The Balaban J connectivity index is 0.00000280. The molecule has 0 fully saturated rings. The molecule has 0 aliphatic rings. The van der Waals surface area contributed by atoms with Crippen molar-refractivity contribution in [3.63, 3.8) is 0 Å². The molecule has 1 unspecified atom stereocenters. The van der Waals surface area contributed by atoms with Crippen molar-refractivity contribution >= 4 is 29.2 Å². The molecule has 2 aromatic carbocycles. The number of carbonyl (C=O) groups is 1. The van der Waals surface area contributed by atoms with E-state index in [1.807, 2.05) is 24.3 Å². The van der Waals surface area contributed by atoms with Gasteiger partial charge in [0.2, 0.25) is 0 Å². The number of hydrogen-bond acceptors (Lipinski definition) is 4. The summed E-state index contributed by atoms with van der Waals surface area (Å²) in [6.07, 6.45) is 0. The number of rotatable bonds is 8. The van der Waals surface area contributed by atoms with E-state index in [1.54, 1.807) is 12.1 Å². The van der Waals surface area contributed by atoms with E-state index >= 15 is 0 Å². The highest BCUT2D eigenvalue weighted by molar-refractivity contribution is 6.09. The van der Waals surface area contributed by atoms with Crippen molar-refractivity contribution in [3.8, 4) is 11.1 Å². The number of benzene rings is 2. The van der Waals surface area contributed by atoms with Crippen LogP contribution in [-0.4, -0.2) is 43.2 Å². The number of para-hydroxylation sites is 1. The molecule has 0 radical (unpaired) electrons. The SMILES string of the molecule is Cl.NCCOCC(N)CNC(=O)c1[nH]c2ccccc2c1-c1ccc(F)cc1. The van der Waals surface area contributed by atoms with Crippen molar-refractivity contribution in [3.05, 3.63) is 60.0 Å². The number of nitrogens with two attached hydrogens (primary N) is 2. The van der Waals surface area contributed by atoms with Gasteiger partial charge < -0.3 is 26.5 Å². The fourth-order valence-electron chi connectivity index (χ4n) is 2.92. The minimum atomic E-state index is -0.334. The molecule has 6 N–H and O–H groups in total. The summed E-state index contributed by atoms with van der Waals surface area (Å²) in [5.74, 6) is -0.604. The van der Waals surface area contributed by atoms with E-state index < -0.39 is 0 Å². The summed E-state index contributed by atoms with van der Waals surface area (Å²) in [4.78, 5) is 15.9. The molecule has 1 atom stereocenters. The minimum absolute atomic E-state index is 0. The van der Waals surface area contributed by atoms with Crippen molar-refractivity contribution in [1.29, 1.82) is 0 Å². The van der Waals surface area contributed by atoms with E-state index in [9.17, 15) is 9.18 Å². The maximum atomic E-state index is 13.3. The number of aromatic amines is 1. The topological polar surface area (TPSA) is 106 Å². The number of ether oxygens (including phenoxy) is 1. The molecule has 150 valence electrons. The zero-order valence-electron chi connectivity index (χ0n) is 15.3. The summed E-state index contributed by atoms with van der Waals surface area (Å²) >= 11 is 0. The Labute approximate surface area is 168 Å². The molecule has 0 saturated heterocycles. The maximum absolute atomic E-state index is 13.3. The Bertz CT molecular complexity index is 914. The van der Waals surface area contributed by atoms with Gasteiger partial charge in [0.25, 0.3) is 5.91 Å². The van der Waals surface area contributed by atoms with E-state index in [0.29, 0.717) is 25.5 Å². The predicted molar refractivity (Wildman–Crippen MR) is 111 cm³/mol. The molecule has 0 saturated carbocycles. The summed E-state index contributed by atoms with van der Waals surface area (Å²) in [5.41, 5.74) is 14.1. The normalized spacial score (nSPS) is 11.8. The van der Waals surface area contributed by atoms with Crippen molar-refractivity contribution < 1.29 is 13.9 Å². The zero-order valence-corrected chi connectivity index (χ0v) is 16.1. The monoisotopic (exact) mass is 406 g/mol. The lowest BCUT2D eigenvalue weighted by Crippen LogP contribution is -2.40. The third-order valence-electron chi connectivity index (χ3n) is 4.18. The molecular weight excluding hydrogens is 383 g/mol. The van der Waals surface area contributed by atoms with Gasteiger partial charge in [0.05, 0.1) is 13.2 Å². The molecule has 1 aromatic heterocycles. The third kappa shape index (κ3) is 5.08. The van der Waals surface area contributed by atoms with Crippen molar-refractivity contribution in [2.24, 2.45) is 11.5 Å². The average Bonchev–Trinajstić information content (AvgIpc) is 3.06. The Hall–Kier alpha value is -2.45. The van der Waals surface area contributed by atoms with E-state index in [4.69, 9.17) is 16.2 Å². The predicted octanol–water partition coefficient (Wildman–Crippen LogP) is 2.43. The van der Waals surface area contributed by atoms with Crippen LogP contribution in [0, 0.1) is 5.82 Å². The van der Waals surface area contributed by atoms with Crippen LogP contribution in [0.1, 0.15) is 10.5 Å². The second-order valence-corrected chi connectivity index (χ2v) is 6.26. The van der Waals surface area contributed by atoms with Crippen molar-refractivity contribution in [1.82, 2.24) is 10.3 Å². The van der Waals surface area contributed by atoms with Crippen LogP contribution in [0.15, 0.2) is 48.5 Å². The Kier molecular flexibility index (Phi) is 7.95. The van der Waals surface area contributed by atoms with Crippen molar-refractivity contribution in [2.45, 2.75) is 6.04 Å². The smallest absolute Gasteiger partial charge is 0.268 e. The standard InChI is InChI=1S/C20H23FN4O2.ClH/c21-14-7-5-13(6-8-14)18-16-3-1-2-4-17(16)25-19(18)20(26)24-11-15(23)12-27-10-9-22;/h1-8,15,25H,9-12,22-23H2,(H,24,26);1H. The summed E-state index contributed by atoms with van der Waals surface area (Å²) < 4.78 is 18.6. The molecule has 0 spiro atoms. The average molecular weight is 407 g/mol. The second-order valence-electron chi connectivity index (χ2n) is 6.26. The summed E-state index contributed by atoms with van der Waals surface area (Å²) in [7, 11) is 0. The van der Waals surface area contributed by atoms with E-state index in [1.165, 1.54) is 12.1 Å². The van der Waals surface area contributed by atoms with Gasteiger partial charge in [0.1, 0.15) is 11.5 Å². The molecule has 3 rings (SSSR count). The quantitative estimate of drug-likeness (QED) is 0.431. The summed E-state index contributed by atoms with van der Waals surface area (Å²) in [6.45, 7) is 1.43. The number of H-pyrrole nitrogens is 1. The molecule has 0 aliphatic carbocycles. The number of nitrogens with one attached hydrogen (secondary N) is 2. The van der Waals surface area contributed by atoms with Crippen LogP contribution in [0.25, 0.3) is 22.0 Å². The molecule has 6 nitrogen and oxygen atoms in total. The van der Waals surface area contributed by atoms with Crippen LogP contribution < -0.4 is 16.8 Å². The molecule has 1 amide bonds. The lowest BCUT2D eigenvalue weighted by Gasteiger charge is -2.13. The lowest BCUT2D eigenvalue weighted by atomic mass is 10.0. The summed E-state index contributed by atoms with van der Waals surface area (Å²) in [6, 6.07) is 13.4. The molecule has 0 bridgehead atoms. The number of fused-ring (bicyclic) bond motifs is 1. The largest absolute Gasteiger partial charge is 0.378 e. The van der Waals surface area contributed by atoms with Crippen LogP contribution in [0.5, 0.6) is 0 Å². The molecular formula is C20H24ClFN4O2. The number of amides is 1. The first kappa shape index (κ1) is 21.8. The molecule has 1 heterocycles. The van der Waals surface area contributed by atoms with E-state index in [-0.39, 0.29) is 36.7 Å². The van der Waals surface area contributed by atoms with Gasteiger partial charge in [0.15, 0.2) is 0 Å². The second kappa shape index (κ2) is 10.2. The zero-order chi connectivity index (χ0) is 19.2. The van der Waals surface area contributed by atoms with Gasteiger partial charge >= 0.3 is 0 Å². The fraction of sp³-hybridized carbons (Fsp3) is 0.250. The van der Waals surface area contributed by atoms with Crippen LogP contribution in [-0.2, 0) is 4.74 Å². The highest BCUT2D eigenvalue weighted by atomic mass is 35.5. The van der Waals surface area contributed by atoms with Gasteiger partial charge in [-0.1, -0.05) is 30.3 Å². The van der Waals surface area contributed by atoms with E-state index in [0.717, 1.165) is 22.0 Å². The number of hydrogen-bond donors (Lipinski definition) is 4. The first-order valence-corrected chi connectivity index (χ1v) is 8.78. The first-order chi connectivity index (χ1) is 13.1. The molecule has 8 heteroatoms. The number of aromatic nitrogens is 1. The fourth-order valence-corrected chi connectivity index (χ4v) is 2.92. The van der Waals surface area contributed by atoms with Gasteiger partial charge in [-0.25, -0.2) is 4.39 Å². The van der Waals surface area contributed by atoms with Gasteiger partial charge in [-0.3, -0.25) is 4.79 Å². The van der Waals surface area contributed by atoms with Crippen LogP contribution in [0.4, 0.5) is 4.39 Å². The summed E-state index contributed by atoms with van der Waals surface area (Å²) in [5, 5.41) is 3.72. The number of carbonyl (C=O) groups excluding carboxylic acids is 1. The van der Waals surface area contributed by atoms with Crippen LogP contribution in [0.2, 0.25) is 0 Å². The van der Waals surface area contributed by atoms with Gasteiger partial charge in [-0.05, 0) is 23.8 Å². The Morgan fingerprint density at radius 2 is 1.89 bits per heavy atom. The Morgan fingerprint density at radius 3 is 2.61 bits per heavy atom. The molecule has 28 heavy (non-hydrogen) atoms. The van der Waals surface area contributed by atoms with Crippen LogP contribution >= 0.6 is 12.4 Å². The maximum Gasteiger partial charge on any atom is 0.268 e. The molecule has 3 aromatic rings. The molecule has 0 aliphatic heterocycles. The lowest BCUT2D eigenvalue weighted by molar-refractivity contribution is 0.0929. The Morgan fingerprint density at radius 1 is 1.18 bits per heavy atom. The van der Waals surface area contributed by atoms with Gasteiger partial charge in [0, 0.05) is 35.6 Å².